The van der Waals surface area contributed by atoms with Gasteiger partial charge in [0.05, 0.1) is 6.10 Å². The highest BCUT2D eigenvalue weighted by Crippen LogP contribution is 2.32. The Morgan fingerprint density at radius 2 is 2.27 bits per heavy atom. The highest BCUT2D eigenvalue weighted by atomic mass is 35.5. The Bertz CT molecular complexity index is 361. The molecule has 0 spiro atoms. The second-order valence-corrected chi connectivity index (χ2v) is 5.28. The zero-order chi connectivity index (χ0) is 10.8. The van der Waals surface area contributed by atoms with Gasteiger partial charge in [0, 0.05) is 33.9 Å². The molecular weight excluding hydrogens is 232 g/mol. The summed E-state index contributed by atoms with van der Waals surface area (Å²) in [6.07, 6.45) is -0.301. The average Bonchev–Trinajstić information content (AvgIpc) is 2.57. The number of nitrogens with two attached hydrogens (primary N) is 1. The van der Waals surface area contributed by atoms with Gasteiger partial charge in [0.15, 0.2) is 0 Å². The van der Waals surface area contributed by atoms with Gasteiger partial charge < -0.3 is 16.2 Å². The Balaban J connectivity index is 2.10. The number of aliphatic hydroxyl groups excluding tert-OH is 1. The average molecular weight is 245 g/mol. The van der Waals surface area contributed by atoms with Crippen LogP contribution in [0.2, 0.25) is 5.02 Å². The standard InChI is InChI=1S/C10H13ClN2OS/c11-6-1-2-9(7(12)3-6)15-10-5-13-4-8(10)14/h1-3,8,10,13-14H,4-5,12H2. The van der Waals surface area contributed by atoms with Gasteiger partial charge in [0.25, 0.3) is 0 Å². The van der Waals surface area contributed by atoms with E-state index >= 15 is 0 Å². The molecule has 4 N–H and O–H groups in total. The molecule has 0 radical (unpaired) electrons. The van der Waals surface area contributed by atoms with E-state index in [-0.39, 0.29) is 11.4 Å². The first-order valence-electron chi connectivity index (χ1n) is 4.77. The number of hydrogen-bond donors (Lipinski definition) is 3. The van der Waals surface area contributed by atoms with Crippen LogP contribution in [0.3, 0.4) is 0 Å². The zero-order valence-corrected chi connectivity index (χ0v) is 9.68. The largest absolute Gasteiger partial charge is 0.398 e. The SMILES string of the molecule is Nc1cc(Cl)ccc1SC1CNCC1O. The molecule has 2 rings (SSSR count). The summed E-state index contributed by atoms with van der Waals surface area (Å²) < 4.78 is 0. The first-order valence-corrected chi connectivity index (χ1v) is 6.03. The molecule has 1 aromatic carbocycles. The van der Waals surface area contributed by atoms with E-state index in [1.54, 1.807) is 17.8 Å². The van der Waals surface area contributed by atoms with Crippen LogP contribution in [-0.4, -0.2) is 29.5 Å². The molecule has 5 heteroatoms. The molecule has 0 saturated carbocycles. The predicted octanol–water partition coefficient (Wildman–Crippen LogP) is 1.35. The third-order valence-electron chi connectivity index (χ3n) is 2.38. The lowest BCUT2D eigenvalue weighted by molar-refractivity contribution is 0.201. The van der Waals surface area contributed by atoms with E-state index in [2.05, 4.69) is 5.32 Å². The third-order valence-corrected chi connectivity index (χ3v) is 4.02. The second kappa shape index (κ2) is 4.61. The number of nitrogen functional groups attached to an aromatic ring is 1. The molecule has 1 aliphatic rings. The van der Waals surface area contributed by atoms with Crippen LogP contribution in [0.1, 0.15) is 0 Å². The van der Waals surface area contributed by atoms with Gasteiger partial charge >= 0.3 is 0 Å². The fourth-order valence-corrected chi connectivity index (χ4v) is 2.85. The number of anilines is 1. The van der Waals surface area contributed by atoms with Crippen LogP contribution < -0.4 is 11.1 Å². The van der Waals surface area contributed by atoms with Gasteiger partial charge in [-0.2, -0.15) is 0 Å². The van der Waals surface area contributed by atoms with Gasteiger partial charge in [-0.1, -0.05) is 11.6 Å². The van der Waals surface area contributed by atoms with Gasteiger partial charge in [-0.15, -0.1) is 11.8 Å². The van der Waals surface area contributed by atoms with Gasteiger partial charge in [0.1, 0.15) is 0 Å². The smallest absolute Gasteiger partial charge is 0.0798 e. The molecule has 15 heavy (non-hydrogen) atoms. The van der Waals surface area contributed by atoms with Crippen LogP contribution in [0.5, 0.6) is 0 Å². The number of thioether (sulfide) groups is 1. The summed E-state index contributed by atoms with van der Waals surface area (Å²) in [5.41, 5.74) is 6.51. The molecular formula is C10H13ClN2OS. The molecule has 1 aromatic rings. The summed E-state index contributed by atoms with van der Waals surface area (Å²) in [7, 11) is 0. The van der Waals surface area contributed by atoms with Crippen LogP contribution in [0, 0.1) is 0 Å². The lowest BCUT2D eigenvalue weighted by Gasteiger charge is -2.14. The second-order valence-electron chi connectivity index (χ2n) is 3.56. The fraction of sp³-hybridized carbons (Fsp3) is 0.400. The highest BCUT2D eigenvalue weighted by Gasteiger charge is 2.26. The first-order chi connectivity index (χ1) is 7.16. The van der Waals surface area contributed by atoms with E-state index in [1.165, 1.54) is 0 Å². The highest BCUT2D eigenvalue weighted by molar-refractivity contribution is 8.00. The lowest BCUT2D eigenvalue weighted by Crippen LogP contribution is -2.20. The summed E-state index contributed by atoms with van der Waals surface area (Å²) in [5, 5.41) is 13.6. The minimum atomic E-state index is -0.301. The minimum Gasteiger partial charge on any atom is -0.398 e. The molecule has 0 bridgehead atoms. The maximum atomic E-state index is 9.65. The number of nitrogens with one attached hydrogen (secondary N) is 1. The quantitative estimate of drug-likeness (QED) is 0.688. The van der Waals surface area contributed by atoms with Crippen molar-refractivity contribution in [3.8, 4) is 0 Å². The Kier molecular flexibility index (Phi) is 3.41. The van der Waals surface area contributed by atoms with Gasteiger partial charge in [-0.3, -0.25) is 0 Å². The lowest BCUT2D eigenvalue weighted by atomic mass is 10.3. The van der Waals surface area contributed by atoms with Gasteiger partial charge in [-0.25, -0.2) is 0 Å². The van der Waals surface area contributed by atoms with Crippen molar-refractivity contribution < 1.29 is 5.11 Å². The van der Waals surface area contributed by atoms with Crippen molar-refractivity contribution in [2.24, 2.45) is 0 Å². The minimum absolute atomic E-state index is 0.175. The van der Waals surface area contributed by atoms with E-state index in [4.69, 9.17) is 17.3 Å². The van der Waals surface area contributed by atoms with Crippen molar-refractivity contribution in [1.29, 1.82) is 0 Å². The van der Waals surface area contributed by atoms with Crippen LogP contribution in [0.4, 0.5) is 5.69 Å². The van der Waals surface area contributed by atoms with Crippen LogP contribution >= 0.6 is 23.4 Å². The van der Waals surface area contributed by atoms with Gasteiger partial charge in [0.2, 0.25) is 0 Å². The summed E-state index contributed by atoms with van der Waals surface area (Å²) in [4.78, 5) is 0.979. The molecule has 3 nitrogen and oxygen atoms in total. The molecule has 82 valence electrons. The normalized spacial score (nSPS) is 25.7. The molecule has 0 aliphatic carbocycles. The van der Waals surface area contributed by atoms with E-state index in [0.717, 1.165) is 11.4 Å². The molecule has 0 amide bonds. The first kappa shape index (κ1) is 11.1. The number of β-amino-alcohol motifs (C(OH)–C–C–N with tert-alkyl or cyclic N) is 1. The Labute approximate surface area is 98.0 Å². The molecule has 0 aromatic heterocycles. The van der Waals surface area contributed by atoms with E-state index in [0.29, 0.717) is 17.3 Å². The maximum Gasteiger partial charge on any atom is 0.0798 e. The fourth-order valence-electron chi connectivity index (χ4n) is 1.55. The monoisotopic (exact) mass is 244 g/mol. The van der Waals surface area contributed by atoms with Crippen molar-refractivity contribution in [2.75, 3.05) is 18.8 Å². The zero-order valence-electron chi connectivity index (χ0n) is 8.11. The molecule has 2 atom stereocenters. The summed E-state index contributed by atoms with van der Waals surface area (Å²) >= 11 is 7.41. The van der Waals surface area contributed by atoms with Crippen molar-refractivity contribution in [2.45, 2.75) is 16.2 Å². The van der Waals surface area contributed by atoms with Crippen LogP contribution in [0.25, 0.3) is 0 Å². The van der Waals surface area contributed by atoms with E-state index in [9.17, 15) is 5.11 Å². The summed E-state index contributed by atoms with van der Waals surface area (Å²) in [6, 6.07) is 5.45. The van der Waals surface area contributed by atoms with Crippen molar-refractivity contribution >= 4 is 29.1 Å². The predicted molar refractivity (Wildman–Crippen MR) is 64.4 cm³/mol. The van der Waals surface area contributed by atoms with Gasteiger partial charge in [-0.05, 0) is 18.2 Å². The number of halogens is 1. The van der Waals surface area contributed by atoms with Crippen molar-refractivity contribution in [3.63, 3.8) is 0 Å². The van der Waals surface area contributed by atoms with Crippen molar-refractivity contribution in [1.82, 2.24) is 5.32 Å². The van der Waals surface area contributed by atoms with E-state index < -0.39 is 0 Å². The number of aliphatic hydroxyl groups is 1. The molecule has 1 fully saturated rings. The number of hydrogen-bond acceptors (Lipinski definition) is 4. The molecule has 1 aliphatic heterocycles. The molecule has 2 unspecified atom stereocenters. The molecule has 1 heterocycles. The topological polar surface area (TPSA) is 58.3 Å². The van der Waals surface area contributed by atoms with Crippen LogP contribution in [-0.2, 0) is 0 Å². The maximum absolute atomic E-state index is 9.65. The Hall–Kier alpha value is -0.420. The Morgan fingerprint density at radius 3 is 2.87 bits per heavy atom. The molecule has 1 saturated heterocycles. The Morgan fingerprint density at radius 1 is 1.47 bits per heavy atom. The van der Waals surface area contributed by atoms with Crippen molar-refractivity contribution in [3.05, 3.63) is 23.2 Å². The third kappa shape index (κ3) is 2.58. The number of rotatable bonds is 2. The summed E-state index contributed by atoms with van der Waals surface area (Å²) in [5.74, 6) is 0. The number of benzene rings is 1. The van der Waals surface area contributed by atoms with Crippen LogP contribution in [0.15, 0.2) is 23.1 Å². The van der Waals surface area contributed by atoms with E-state index in [1.807, 2.05) is 12.1 Å². The summed E-state index contributed by atoms with van der Waals surface area (Å²) in [6.45, 7) is 1.47.